The van der Waals surface area contributed by atoms with Gasteiger partial charge in [-0.3, -0.25) is 9.59 Å². The molecule has 3 N–H and O–H groups in total. The number of aryl methyl sites for hydroxylation is 1. The maximum atomic E-state index is 12.4. The highest BCUT2D eigenvalue weighted by Crippen LogP contribution is 2.25. The summed E-state index contributed by atoms with van der Waals surface area (Å²) < 4.78 is 10.8. The Morgan fingerprint density at radius 2 is 1.81 bits per heavy atom. The molecule has 0 spiro atoms. The number of hydrogen-bond acceptors (Lipinski definition) is 4. The minimum atomic E-state index is -0.783. The van der Waals surface area contributed by atoms with E-state index >= 15 is 0 Å². The molecule has 2 aromatic rings. The zero-order valence-corrected chi connectivity index (χ0v) is 15.9. The van der Waals surface area contributed by atoms with Crippen molar-refractivity contribution in [1.29, 1.82) is 0 Å². The number of methoxy groups -OCH3 is 1. The minimum Gasteiger partial charge on any atom is -0.497 e. The van der Waals surface area contributed by atoms with Crippen LogP contribution in [-0.4, -0.2) is 31.1 Å². The number of hydrogen-bond donors (Lipinski definition) is 2. The lowest BCUT2D eigenvalue weighted by atomic mass is 10.1. The second-order valence-electron chi connectivity index (χ2n) is 6.42. The fourth-order valence-corrected chi connectivity index (χ4v) is 2.63. The number of ether oxygens (including phenoxy) is 2. The first-order chi connectivity index (χ1) is 12.9. The third-order valence-electron chi connectivity index (χ3n) is 4.22. The van der Waals surface area contributed by atoms with Crippen LogP contribution in [0.4, 0.5) is 0 Å². The molecule has 0 aliphatic heterocycles. The molecule has 2 amide bonds. The lowest BCUT2D eigenvalue weighted by molar-refractivity contribution is -0.127. The molecule has 0 saturated heterocycles. The molecule has 2 unspecified atom stereocenters. The van der Waals surface area contributed by atoms with Gasteiger partial charge in [0.25, 0.3) is 11.8 Å². The molecule has 0 bridgehead atoms. The molecular weight excluding hydrogens is 344 g/mol. The van der Waals surface area contributed by atoms with Gasteiger partial charge in [0.2, 0.25) is 0 Å². The first kappa shape index (κ1) is 20.3. The normalized spacial score (nSPS) is 12.7. The van der Waals surface area contributed by atoms with Crippen molar-refractivity contribution in [3.63, 3.8) is 0 Å². The number of benzene rings is 2. The van der Waals surface area contributed by atoms with Crippen LogP contribution < -0.4 is 20.5 Å². The van der Waals surface area contributed by atoms with Crippen LogP contribution in [0.3, 0.4) is 0 Å². The van der Waals surface area contributed by atoms with Gasteiger partial charge >= 0.3 is 0 Å². The molecule has 2 atom stereocenters. The lowest BCUT2D eigenvalue weighted by Gasteiger charge is -2.20. The maximum Gasteiger partial charge on any atom is 0.260 e. The summed E-state index contributed by atoms with van der Waals surface area (Å²) in [5.74, 6) is -0.148. The summed E-state index contributed by atoms with van der Waals surface area (Å²) in [6, 6.07) is 14.8. The molecular formula is C21H26N2O4. The van der Waals surface area contributed by atoms with Gasteiger partial charge in [0, 0.05) is 12.1 Å². The molecule has 144 valence electrons. The number of nitrogens with one attached hydrogen (secondary N) is 1. The highest BCUT2D eigenvalue weighted by molar-refractivity contribution is 5.96. The van der Waals surface area contributed by atoms with Gasteiger partial charge in [0.15, 0.2) is 6.10 Å². The van der Waals surface area contributed by atoms with Crippen LogP contribution in [0.5, 0.6) is 11.5 Å². The van der Waals surface area contributed by atoms with E-state index in [2.05, 4.69) is 17.4 Å². The van der Waals surface area contributed by atoms with E-state index in [-0.39, 0.29) is 23.3 Å². The molecule has 2 rings (SSSR count). The molecule has 0 radical (unpaired) electrons. The molecule has 0 fully saturated rings. The Kier molecular flexibility index (Phi) is 7.23. The van der Waals surface area contributed by atoms with Crippen LogP contribution in [-0.2, 0) is 11.2 Å². The van der Waals surface area contributed by atoms with Gasteiger partial charge in [-0.1, -0.05) is 30.3 Å². The zero-order chi connectivity index (χ0) is 19.8. The van der Waals surface area contributed by atoms with Crippen LogP contribution in [0, 0.1) is 0 Å². The summed E-state index contributed by atoms with van der Waals surface area (Å²) in [5, 5.41) is 2.94. The van der Waals surface area contributed by atoms with Crippen LogP contribution >= 0.6 is 0 Å². The lowest BCUT2D eigenvalue weighted by Crippen LogP contribution is -2.41. The van der Waals surface area contributed by atoms with Crippen molar-refractivity contribution in [3.05, 3.63) is 59.7 Å². The summed E-state index contributed by atoms with van der Waals surface area (Å²) in [6.07, 6.45) is 0.905. The predicted octanol–water partition coefficient (Wildman–Crippen LogP) is 2.70. The second kappa shape index (κ2) is 9.62. The van der Waals surface area contributed by atoms with Gasteiger partial charge in [-0.2, -0.15) is 0 Å². The highest BCUT2D eigenvalue weighted by Gasteiger charge is 2.20. The summed E-state index contributed by atoms with van der Waals surface area (Å²) >= 11 is 0. The average Bonchev–Trinajstić information content (AvgIpc) is 2.66. The number of carbonyl (C=O) groups excluding carboxylic acids is 2. The SMILES string of the molecule is COc1ccc(C(N)=O)c(OC(C)C(=O)NC(C)CCc2ccccc2)c1. The first-order valence-electron chi connectivity index (χ1n) is 8.89. The Morgan fingerprint density at radius 3 is 2.44 bits per heavy atom. The summed E-state index contributed by atoms with van der Waals surface area (Å²) in [6.45, 7) is 3.58. The monoisotopic (exact) mass is 370 g/mol. The first-order valence-corrected chi connectivity index (χ1v) is 8.89. The van der Waals surface area contributed by atoms with Gasteiger partial charge in [-0.05, 0) is 44.4 Å². The molecule has 27 heavy (non-hydrogen) atoms. The van der Waals surface area contributed by atoms with Crippen molar-refractivity contribution in [3.8, 4) is 11.5 Å². The molecule has 2 aromatic carbocycles. The Balaban J connectivity index is 1.94. The highest BCUT2D eigenvalue weighted by atomic mass is 16.5. The number of primary amides is 1. The van der Waals surface area contributed by atoms with E-state index in [1.165, 1.54) is 18.7 Å². The van der Waals surface area contributed by atoms with Crippen LogP contribution in [0.2, 0.25) is 0 Å². The summed E-state index contributed by atoms with van der Waals surface area (Å²) in [7, 11) is 1.51. The minimum absolute atomic E-state index is 0.00956. The molecule has 0 aromatic heterocycles. The van der Waals surface area contributed by atoms with E-state index in [4.69, 9.17) is 15.2 Å². The van der Waals surface area contributed by atoms with E-state index in [0.717, 1.165) is 12.8 Å². The van der Waals surface area contributed by atoms with E-state index in [0.29, 0.717) is 5.75 Å². The van der Waals surface area contributed by atoms with E-state index in [9.17, 15) is 9.59 Å². The van der Waals surface area contributed by atoms with Crippen molar-refractivity contribution < 1.29 is 19.1 Å². The van der Waals surface area contributed by atoms with Gasteiger partial charge in [-0.15, -0.1) is 0 Å². The molecule has 0 aliphatic carbocycles. The molecule has 6 heteroatoms. The number of nitrogens with two attached hydrogens (primary N) is 1. The van der Waals surface area contributed by atoms with E-state index < -0.39 is 12.0 Å². The van der Waals surface area contributed by atoms with Gasteiger partial charge in [-0.25, -0.2) is 0 Å². The fourth-order valence-electron chi connectivity index (χ4n) is 2.63. The van der Waals surface area contributed by atoms with Crippen molar-refractivity contribution in [2.75, 3.05) is 7.11 Å². The molecule has 6 nitrogen and oxygen atoms in total. The van der Waals surface area contributed by atoms with Gasteiger partial charge in [0.05, 0.1) is 12.7 Å². The predicted molar refractivity (Wildman–Crippen MR) is 104 cm³/mol. The number of carbonyl (C=O) groups is 2. The topological polar surface area (TPSA) is 90.7 Å². The van der Waals surface area contributed by atoms with Crippen molar-refractivity contribution in [2.24, 2.45) is 5.73 Å². The Hall–Kier alpha value is -3.02. The molecule has 0 saturated carbocycles. The van der Waals surface area contributed by atoms with E-state index in [1.807, 2.05) is 25.1 Å². The smallest absolute Gasteiger partial charge is 0.260 e. The van der Waals surface area contributed by atoms with Crippen LogP contribution in [0.25, 0.3) is 0 Å². The Bertz CT molecular complexity index is 777. The summed E-state index contributed by atoms with van der Waals surface area (Å²) in [5.41, 5.74) is 6.80. The Labute approximate surface area is 159 Å². The third kappa shape index (κ3) is 6.02. The second-order valence-corrected chi connectivity index (χ2v) is 6.42. The number of rotatable bonds is 9. The molecule has 0 heterocycles. The van der Waals surface area contributed by atoms with Crippen LogP contribution in [0.15, 0.2) is 48.5 Å². The molecule has 0 aliphatic rings. The quantitative estimate of drug-likeness (QED) is 0.710. The Morgan fingerprint density at radius 1 is 1.11 bits per heavy atom. The zero-order valence-electron chi connectivity index (χ0n) is 15.9. The van der Waals surface area contributed by atoms with Gasteiger partial charge < -0.3 is 20.5 Å². The standard InChI is InChI=1S/C21H26N2O4/c1-14(9-10-16-7-5-4-6-8-16)23-21(25)15(2)27-19-13-17(26-3)11-12-18(19)20(22)24/h4-8,11-15H,9-10H2,1-3H3,(H2,22,24)(H,23,25). The maximum absolute atomic E-state index is 12.4. The van der Waals surface area contributed by atoms with Gasteiger partial charge in [0.1, 0.15) is 11.5 Å². The van der Waals surface area contributed by atoms with Crippen molar-refractivity contribution >= 4 is 11.8 Å². The third-order valence-corrected chi connectivity index (χ3v) is 4.22. The van der Waals surface area contributed by atoms with E-state index in [1.54, 1.807) is 19.1 Å². The number of amides is 2. The average molecular weight is 370 g/mol. The fraction of sp³-hybridized carbons (Fsp3) is 0.333. The largest absolute Gasteiger partial charge is 0.497 e. The van der Waals surface area contributed by atoms with Crippen molar-refractivity contribution in [1.82, 2.24) is 5.32 Å². The van der Waals surface area contributed by atoms with Crippen molar-refractivity contribution in [2.45, 2.75) is 38.8 Å². The summed E-state index contributed by atoms with van der Waals surface area (Å²) in [4.78, 5) is 24.0. The van der Waals surface area contributed by atoms with Crippen LogP contribution in [0.1, 0.15) is 36.2 Å².